The van der Waals surface area contributed by atoms with Gasteiger partial charge in [-0.1, -0.05) is 0 Å². The molecule has 1 aliphatic carbocycles. The summed E-state index contributed by atoms with van der Waals surface area (Å²) in [5.74, 6) is -0.760. The highest BCUT2D eigenvalue weighted by Crippen LogP contribution is 2.30. The van der Waals surface area contributed by atoms with Gasteiger partial charge < -0.3 is 11.1 Å². The maximum atomic E-state index is 14.0. The third-order valence-electron chi connectivity index (χ3n) is 3.57. The molecule has 0 saturated heterocycles. The van der Waals surface area contributed by atoms with Crippen LogP contribution in [0.15, 0.2) is 30.9 Å². The van der Waals surface area contributed by atoms with E-state index in [1.54, 1.807) is 6.07 Å². The predicted octanol–water partition coefficient (Wildman–Crippen LogP) is 1.23. The molecule has 2 aromatic rings. The van der Waals surface area contributed by atoms with Gasteiger partial charge in [0.25, 0.3) is 0 Å². The molecule has 1 heterocycles. The molecule has 0 spiro atoms. The molecule has 3 N–H and O–H groups in total. The highest BCUT2D eigenvalue weighted by Gasteiger charge is 2.40. The van der Waals surface area contributed by atoms with E-state index in [9.17, 15) is 9.18 Å². The predicted molar refractivity (Wildman–Crippen MR) is 70.7 cm³/mol. The first-order valence-corrected chi connectivity index (χ1v) is 6.33. The van der Waals surface area contributed by atoms with Crippen LogP contribution in [0.3, 0.4) is 0 Å². The fourth-order valence-corrected chi connectivity index (χ4v) is 2.14. The highest BCUT2D eigenvalue weighted by atomic mass is 19.1. The van der Waals surface area contributed by atoms with Gasteiger partial charge in [-0.3, -0.25) is 4.79 Å². The van der Waals surface area contributed by atoms with Crippen LogP contribution in [0, 0.1) is 5.82 Å². The molecule has 0 bridgehead atoms. The van der Waals surface area contributed by atoms with E-state index in [1.165, 1.54) is 29.5 Å². The fraction of sp³-hybridized carbons (Fsp3) is 0.308. The van der Waals surface area contributed by atoms with Gasteiger partial charge in [-0.15, -0.1) is 0 Å². The van der Waals surface area contributed by atoms with Crippen molar-refractivity contribution >= 4 is 11.6 Å². The third kappa shape index (κ3) is 2.16. The molecule has 7 heteroatoms. The average Bonchev–Trinajstić information content (AvgIpc) is 2.89. The van der Waals surface area contributed by atoms with Crippen LogP contribution in [0.25, 0.3) is 5.69 Å². The minimum absolute atomic E-state index is 0.267. The van der Waals surface area contributed by atoms with Gasteiger partial charge in [-0.25, -0.2) is 14.1 Å². The van der Waals surface area contributed by atoms with Crippen molar-refractivity contribution in [2.75, 3.05) is 5.32 Å². The number of benzene rings is 1. The molecule has 0 atom stereocenters. The minimum Gasteiger partial charge on any atom is -0.324 e. The second-order valence-electron chi connectivity index (χ2n) is 4.97. The summed E-state index contributed by atoms with van der Waals surface area (Å²) < 4.78 is 15.3. The minimum atomic E-state index is -0.805. The maximum Gasteiger partial charge on any atom is 0.244 e. The molecular formula is C13H14FN5O. The Morgan fingerprint density at radius 2 is 2.25 bits per heavy atom. The zero-order valence-electron chi connectivity index (χ0n) is 10.7. The largest absolute Gasteiger partial charge is 0.324 e. The molecule has 20 heavy (non-hydrogen) atoms. The quantitative estimate of drug-likeness (QED) is 0.882. The second kappa shape index (κ2) is 4.68. The van der Waals surface area contributed by atoms with E-state index in [4.69, 9.17) is 5.73 Å². The lowest BCUT2D eigenvalue weighted by molar-refractivity contribution is -0.123. The molecular weight excluding hydrogens is 261 g/mol. The molecule has 1 saturated carbocycles. The Morgan fingerprint density at radius 3 is 2.80 bits per heavy atom. The fourth-order valence-electron chi connectivity index (χ4n) is 2.14. The van der Waals surface area contributed by atoms with Crippen LogP contribution in [0.4, 0.5) is 10.1 Å². The number of rotatable bonds is 3. The monoisotopic (exact) mass is 275 g/mol. The van der Waals surface area contributed by atoms with E-state index in [2.05, 4.69) is 15.4 Å². The first-order valence-electron chi connectivity index (χ1n) is 6.33. The van der Waals surface area contributed by atoms with Crippen molar-refractivity contribution in [2.24, 2.45) is 5.73 Å². The number of carbonyl (C=O) groups excluding carboxylic acids is 1. The highest BCUT2D eigenvalue weighted by molar-refractivity contribution is 5.98. The van der Waals surface area contributed by atoms with Crippen LogP contribution in [-0.2, 0) is 4.79 Å². The molecule has 104 valence electrons. The number of hydrogen-bond donors (Lipinski definition) is 2. The number of nitrogens with one attached hydrogen (secondary N) is 1. The molecule has 1 amide bonds. The van der Waals surface area contributed by atoms with Gasteiger partial charge in [0.2, 0.25) is 5.91 Å². The zero-order valence-corrected chi connectivity index (χ0v) is 10.7. The Hall–Kier alpha value is -2.28. The summed E-state index contributed by atoms with van der Waals surface area (Å²) >= 11 is 0. The van der Waals surface area contributed by atoms with E-state index in [0.717, 1.165) is 6.42 Å². The maximum absolute atomic E-state index is 14.0. The van der Waals surface area contributed by atoms with Crippen LogP contribution in [0.2, 0.25) is 0 Å². The van der Waals surface area contributed by atoms with Crippen LogP contribution in [-0.4, -0.2) is 26.2 Å². The molecule has 1 aliphatic rings. The van der Waals surface area contributed by atoms with Gasteiger partial charge in [-0.05, 0) is 37.5 Å². The Balaban J connectivity index is 1.79. The number of aromatic nitrogens is 3. The molecule has 1 aromatic heterocycles. The smallest absolute Gasteiger partial charge is 0.244 e. The summed E-state index contributed by atoms with van der Waals surface area (Å²) in [4.78, 5) is 15.7. The van der Waals surface area contributed by atoms with Crippen LogP contribution in [0.1, 0.15) is 19.3 Å². The number of carbonyl (C=O) groups is 1. The topological polar surface area (TPSA) is 85.8 Å². The van der Waals surface area contributed by atoms with Gasteiger partial charge in [-0.2, -0.15) is 5.10 Å². The molecule has 0 unspecified atom stereocenters. The van der Waals surface area contributed by atoms with Crippen molar-refractivity contribution in [2.45, 2.75) is 24.8 Å². The van der Waals surface area contributed by atoms with Crippen molar-refractivity contribution < 1.29 is 9.18 Å². The Kier molecular flexibility index (Phi) is 2.98. The van der Waals surface area contributed by atoms with E-state index in [1.807, 2.05) is 0 Å². The van der Waals surface area contributed by atoms with Crippen LogP contribution >= 0.6 is 0 Å². The number of anilines is 1. The SMILES string of the molecule is NC1(C(=O)Nc2ccc(-n3cncn3)c(F)c2)CCC1. The Labute approximate surface area is 114 Å². The molecule has 1 aromatic carbocycles. The van der Waals surface area contributed by atoms with Crippen molar-refractivity contribution in [1.82, 2.24) is 14.8 Å². The zero-order chi connectivity index (χ0) is 14.2. The van der Waals surface area contributed by atoms with Gasteiger partial charge >= 0.3 is 0 Å². The molecule has 1 fully saturated rings. The standard InChI is InChI=1S/C13H14FN5O/c14-10-6-9(18-12(20)13(15)4-1-5-13)2-3-11(10)19-8-16-7-17-19/h2-3,6-8H,1,4-5,15H2,(H,18,20). The second-order valence-corrected chi connectivity index (χ2v) is 4.97. The number of amides is 1. The lowest BCUT2D eigenvalue weighted by Crippen LogP contribution is -2.56. The summed E-state index contributed by atoms with van der Waals surface area (Å²) in [5, 5.41) is 6.51. The van der Waals surface area contributed by atoms with Crippen LogP contribution < -0.4 is 11.1 Å². The Morgan fingerprint density at radius 1 is 1.45 bits per heavy atom. The van der Waals surface area contributed by atoms with Gasteiger partial charge in [0, 0.05) is 5.69 Å². The summed E-state index contributed by atoms with van der Waals surface area (Å²) in [5.41, 5.74) is 5.76. The lowest BCUT2D eigenvalue weighted by Gasteiger charge is -2.36. The molecule has 0 radical (unpaired) electrons. The Bertz CT molecular complexity index is 636. The van der Waals surface area contributed by atoms with Crippen molar-refractivity contribution in [3.8, 4) is 5.69 Å². The number of nitrogens with zero attached hydrogens (tertiary/aromatic N) is 3. The van der Waals surface area contributed by atoms with E-state index < -0.39 is 11.4 Å². The normalized spacial score (nSPS) is 16.5. The third-order valence-corrected chi connectivity index (χ3v) is 3.57. The van der Waals surface area contributed by atoms with E-state index in [0.29, 0.717) is 18.5 Å². The molecule has 6 nitrogen and oxygen atoms in total. The summed E-state index contributed by atoms with van der Waals surface area (Å²) in [6.07, 6.45) is 5.00. The van der Waals surface area contributed by atoms with Crippen molar-refractivity contribution in [1.29, 1.82) is 0 Å². The summed E-state index contributed by atoms with van der Waals surface area (Å²) in [6.45, 7) is 0. The first-order chi connectivity index (χ1) is 9.58. The van der Waals surface area contributed by atoms with E-state index in [-0.39, 0.29) is 11.6 Å². The average molecular weight is 275 g/mol. The van der Waals surface area contributed by atoms with Crippen molar-refractivity contribution in [3.63, 3.8) is 0 Å². The van der Waals surface area contributed by atoms with Gasteiger partial charge in [0.1, 0.15) is 18.3 Å². The number of hydrogen-bond acceptors (Lipinski definition) is 4. The van der Waals surface area contributed by atoms with Crippen molar-refractivity contribution in [3.05, 3.63) is 36.7 Å². The summed E-state index contributed by atoms with van der Waals surface area (Å²) in [6, 6.07) is 4.39. The van der Waals surface area contributed by atoms with Crippen LogP contribution in [0.5, 0.6) is 0 Å². The van der Waals surface area contributed by atoms with Gasteiger partial charge in [0.15, 0.2) is 5.82 Å². The first kappa shape index (κ1) is 12.7. The summed E-state index contributed by atoms with van der Waals surface area (Å²) in [7, 11) is 0. The number of halogens is 1. The number of nitrogens with two attached hydrogens (primary N) is 1. The lowest BCUT2D eigenvalue weighted by atomic mass is 9.77. The van der Waals surface area contributed by atoms with E-state index >= 15 is 0 Å². The molecule has 3 rings (SSSR count). The molecule has 0 aliphatic heterocycles. The van der Waals surface area contributed by atoms with Gasteiger partial charge in [0.05, 0.1) is 5.54 Å².